The minimum Gasteiger partial charge on any atom is -0.508 e. The van der Waals surface area contributed by atoms with Crippen molar-refractivity contribution in [3.63, 3.8) is 0 Å². The Morgan fingerprint density at radius 1 is 1.26 bits per heavy atom. The number of fused-ring (bicyclic) bond motifs is 3. The predicted octanol–water partition coefficient (Wildman–Crippen LogP) is 4.56. The average Bonchev–Trinajstić information content (AvgIpc) is 2.77. The molecule has 3 atom stereocenters. The lowest BCUT2D eigenvalue weighted by molar-refractivity contribution is 0.294. The summed E-state index contributed by atoms with van der Waals surface area (Å²) in [6.07, 6.45) is 3.41. The first kappa shape index (κ1) is 16.4. The van der Waals surface area contributed by atoms with Crippen molar-refractivity contribution in [1.82, 2.24) is 10.3 Å². The van der Waals surface area contributed by atoms with Crippen LogP contribution in [0, 0.1) is 11.8 Å². The van der Waals surface area contributed by atoms with Crippen LogP contribution in [0.25, 0.3) is 10.9 Å². The van der Waals surface area contributed by atoms with Gasteiger partial charge < -0.3 is 15.4 Å². The van der Waals surface area contributed by atoms with Crippen LogP contribution in [0.3, 0.4) is 0 Å². The quantitative estimate of drug-likeness (QED) is 0.774. The van der Waals surface area contributed by atoms with E-state index in [0.717, 1.165) is 18.5 Å². The topological polar surface area (TPSA) is 48.0 Å². The number of phenols is 1. The number of benzene rings is 1. The van der Waals surface area contributed by atoms with Gasteiger partial charge in [-0.15, -0.1) is 0 Å². The van der Waals surface area contributed by atoms with E-state index in [1.807, 2.05) is 12.1 Å². The molecule has 3 N–H and O–H groups in total. The van der Waals surface area contributed by atoms with Crippen LogP contribution in [-0.2, 0) is 6.42 Å². The lowest BCUT2D eigenvalue weighted by Crippen LogP contribution is -2.40. The number of nitrogens with one attached hydrogen (secondary N) is 2. The summed E-state index contributed by atoms with van der Waals surface area (Å²) in [4.78, 5) is 3.70. The third kappa shape index (κ3) is 3.12. The SMILES string of the molecule is CCC(C)C1NCCc2c([nH]c3ccc(O)cc23)C1CC(C)C. The van der Waals surface area contributed by atoms with Gasteiger partial charge in [-0.2, -0.15) is 0 Å². The molecule has 0 bridgehead atoms. The Labute approximate surface area is 139 Å². The molecule has 3 rings (SSSR count). The van der Waals surface area contributed by atoms with Crippen LogP contribution in [0.1, 0.15) is 57.7 Å². The van der Waals surface area contributed by atoms with Gasteiger partial charge in [0.2, 0.25) is 0 Å². The van der Waals surface area contributed by atoms with Gasteiger partial charge in [-0.3, -0.25) is 0 Å². The summed E-state index contributed by atoms with van der Waals surface area (Å²) in [5.41, 5.74) is 3.96. The van der Waals surface area contributed by atoms with Crippen LogP contribution in [0.2, 0.25) is 0 Å². The third-order valence-electron chi connectivity index (χ3n) is 5.46. The van der Waals surface area contributed by atoms with Gasteiger partial charge in [-0.1, -0.05) is 34.1 Å². The second-order valence-corrected chi connectivity index (χ2v) is 7.60. The molecule has 3 nitrogen and oxygen atoms in total. The first-order chi connectivity index (χ1) is 11.0. The summed E-state index contributed by atoms with van der Waals surface area (Å²) in [5, 5.41) is 14.9. The molecular weight excluding hydrogens is 284 g/mol. The summed E-state index contributed by atoms with van der Waals surface area (Å²) < 4.78 is 0. The van der Waals surface area contributed by atoms with Crippen LogP contribution in [-0.4, -0.2) is 22.7 Å². The molecule has 0 spiro atoms. The first-order valence-electron chi connectivity index (χ1n) is 9.08. The molecule has 2 aromatic rings. The molecule has 0 saturated carbocycles. The van der Waals surface area contributed by atoms with Crippen LogP contribution >= 0.6 is 0 Å². The van der Waals surface area contributed by atoms with E-state index in [1.54, 1.807) is 6.07 Å². The highest BCUT2D eigenvalue weighted by atomic mass is 16.3. The van der Waals surface area contributed by atoms with Crippen molar-refractivity contribution in [2.24, 2.45) is 11.8 Å². The number of aromatic hydroxyl groups is 1. The Morgan fingerprint density at radius 3 is 2.74 bits per heavy atom. The number of H-pyrrole nitrogens is 1. The highest BCUT2D eigenvalue weighted by molar-refractivity contribution is 5.86. The molecule has 0 fully saturated rings. The molecule has 0 saturated heterocycles. The highest BCUT2D eigenvalue weighted by Gasteiger charge is 2.33. The second-order valence-electron chi connectivity index (χ2n) is 7.60. The fourth-order valence-corrected chi connectivity index (χ4v) is 4.15. The molecule has 0 radical (unpaired) electrons. The molecular formula is C20H30N2O. The van der Waals surface area contributed by atoms with Crippen molar-refractivity contribution in [3.05, 3.63) is 29.5 Å². The minimum atomic E-state index is 0.357. The monoisotopic (exact) mass is 314 g/mol. The van der Waals surface area contributed by atoms with Crippen LogP contribution in [0.5, 0.6) is 5.75 Å². The Bertz CT molecular complexity index is 674. The lowest BCUT2D eigenvalue weighted by Gasteiger charge is -2.32. The first-order valence-corrected chi connectivity index (χ1v) is 9.08. The summed E-state index contributed by atoms with van der Waals surface area (Å²) in [6, 6.07) is 6.23. The Hall–Kier alpha value is -1.48. The summed E-state index contributed by atoms with van der Waals surface area (Å²) >= 11 is 0. The molecule has 126 valence electrons. The molecule has 1 aromatic heterocycles. The summed E-state index contributed by atoms with van der Waals surface area (Å²) in [6.45, 7) is 10.3. The number of phenolic OH excluding ortho intramolecular Hbond substituents is 1. The smallest absolute Gasteiger partial charge is 0.116 e. The van der Waals surface area contributed by atoms with Crippen LogP contribution in [0.4, 0.5) is 0 Å². The van der Waals surface area contributed by atoms with E-state index in [2.05, 4.69) is 38.0 Å². The highest BCUT2D eigenvalue weighted by Crippen LogP contribution is 2.38. The van der Waals surface area contributed by atoms with Gasteiger partial charge in [0, 0.05) is 28.6 Å². The molecule has 1 aliphatic heterocycles. The van der Waals surface area contributed by atoms with Gasteiger partial charge in [0.1, 0.15) is 5.75 Å². The van der Waals surface area contributed by atoms with Crippen molar-refractivity contribution in [3.8, 4) is 5.75 Å². The fraction of sp³-hybridized carbons (Fsp3) is 0.600. The van der Waals surface area contributed by atoms with Gasteiger partial charge in [0.15, 0.2) is 0 Å². The minimum absolute atomic E-state index is 0.357. The van der Waals surface area contributed by atoms with E-state index in [-0.39, 0.29) is 0 Å². The molecule has 23 heavy (non-hydrogen) atoms. The molecule has 3 heteroatoms. The maximum Gasteiger partial charge on any atom is 0.116 e. The number of hydrogen-bond acceptors (Lipinski definition) is 2. The second kappa shape index (κ2) is 6.56. The maximum atomic E-state index is 9.88. The number of aromatic amines is 1. The van der Waals surface area contributed by atoms with E-state index < -0.39 is 0 Å². The summed E-state index contributed by atoms with van der Waals surface area (Å²) in [5.74, 6) is 2.19. The van der Waals surface area contributed by atoms with Gasteiger partial charge >= 0.3 is 0 Å². The van der Waals surface area contributed by atoms with Crippen molar-refractivity contribution in [2.45, 2.75) is 58.9 Å². The van der Waals surface area contributed by atoms with Gasteiger partial charge in [0.25, 0.3) is 0 Å². The molecule has 0 aliphatic carbocycles. The van der Waals surface area contributed by atoms with Crippen LogP contribution in [0.15, 0.2) is 18.2 Å². The standard InChI is InChI=1S/C20H30N2O/c1-5-13(4)19-17(10-12(2)3)20-15(8-9-21-19)16-11-14(23)6-7-18(16)22-20/h6-7,11-13,17,19,21-23H,5,8-10H2,1-4H3. The van der Waals surface area contributed by atoms with Crippen LogP contribution < -0.4 is 5.32 Å². The van der Waals surface area contributed by atoms with E-state index in [9.17, 15) is 5.11 Å². The normalized spacial score (nSPS) is 23.0. The summed E-state index contributed by atoms with van der Waals surface area (Å²) in [7, 11) is 0. The van der Waals surface area contributed by atoms with Gasteiger partial charge in [-0.25, -0.2) is 0 Å². The predicted molar refractivity (Wildman–Crippen MR) is 97.1 cm³/mol. The molecule has 1 aliphatic rings. The fourth-order valence-electron chi connectivity index (χ4n) is 4.15. The molecule has 1 aromatic carbocycles. The third-order valence-corrected chi connectivity index (χ3v) is 5.46. The molecule has 2 heterocycles. The zero-order valence-electron chi connectivity index (χ0n) is 14.8. The molecule has 3 unspecified atom stereocenters. The Kier molecular flexibility index (Phi) is 4.67. The van der Waals surface area contributed by atoms with E-state index >= 15 is 0 Å². The average molecular weight is 314 g/mol. The number of hydrogen-bond donors (Lipinski definition) is 3. The van der Waals surface area contributed by atoms with Crippen molar-refractivity contribution >= 4 is 10.9 Å². The van der Waals surface area contributed by atoms with Crippen molar-refractivity contribution < 1.29 is 5.11 Å². The van der Waals surface area contributed by atoms with Gasteiger partial charge in [0.05, 0.1) is 0 Å². The Balaban J connectivity index is 2.11. The Morgan fingerprint density at radius 2 is 2.04 bits per heavy atom. The van der Waals surface area contributed by atoms with E-state index in [0.29, 0.717) is 29.5 Å². The maximum absolute atomic E-state index is 9.88. The largest absolute Gasteiger partial charge is 0.508 e. The van der Waals surface area contributed by atoms with E-state index in [4.69, 9.17) is 0 Å². The lowest BCUT2D eigenvalue weighted by atomic mass is 9.80. The number of rotatable bonds is 4. The van der Waals surface area contributed by atoms with Crippen molar-refractivity contribution in [2.75, 3.05) is 6.54 Å². The zero-order chi connectivity index (χ0) is 16.6. The number of aromatic nitrogens is 1. The van der Waals surface area contributed by atoms with Crippen molar-refractivity contribution in [1.29, 1.82) is 0 Å². The van der Waals surface area contributed by atoms with Gasteiger partial charge in [-0.05, 0) is 55.0 Å². The molecule has 0 amide bonds. The zero-order valence-corrected chi connectivity index (χ0v) is 14.8. The van der Waals surface area contributed by atoms with E-state index in [1.165, 1.54) is 29.5 Å².